The minimum atomic E-state index is -3.50. The van der Waals surface area contributed by atoms with Gasteiger partial charge < -0.3 is 14.8 Å². The Hall–Kier alpha value is -3.52. The number of ether oxygens (including phenoxy) is 2. The maximum Gasteiger partial charge on any atom is 0.232 e. The molecule has 8 heteroatoms. The summed E-state index contributed by atoms with van der Waals surface area (Å²) in [5.74, 6) is 1.27. The van der Waals surface area contributed by atoms with Crippen LogP contribution in [0.15, 0.2) is 78.9 Å². The molecule has 186 valence electrons. The first-order valence-electron chi connectivity index (χ1n) is 11.5. The van der Waals surface area contributed by atoms with Crippen LogP contribution in [0.3, 0.4) is 0 Å². The molecule has 1 N–H and O–H groups in total. The van der Waals surface area contributed by atoms with Gasteiger partial charge in [-0.25, -0.2) is 8.42 Å². The summed E-state index contributed by atoms with van der Waals surface area (Å²) in [6, 6.07) is 24.4. The average molecular weight is 497 g/mol. The minimum absolute atomic E-state index is 0.143. The molecule has 0 unspecified atom stereocenters. The normalized spacial score (nSPS) is 11.0. The molecule has 3 rings (SSSR count). The van der Waals surface area contributed by atoms with Gasteiger partial charge in [0.05, 0.1) is 18.5 Å². The number of hydrogen-bond donors (Lipinski definition) is 1. The van der Waals surface area contributed by atoms with E-state index in [1.807, 2.05) is 61.5 Å². The first kappa shape index (κ1) is 26.1. The monoisotopic (exact) mass is 496 g/mol. The fourth-order valence-corrected chi connectivity index (χ4v) is 4.44. The topological polar surface area (TPSA) is 84.9 Å². The van der Waals surface area contributed by atoms with Crippen molar-refractivity contribution >= 4 is 21.6 Å². The SMILES string of the molecule is Cc1cccc(OCCNC(=O)CCCN(c2ccc(OCc3ccccc3)cc2)S(C)(=O)=O)c1. The molecule has 0 radical (unpaired) electrons. The highest BCUT2D eigenvalue weighted by molar-refractivity contribution is 7.92. The first-order chi connectivity index (χ1) is 16.8. The lowest BCUT2D eigenvalue weighted by molar-refractivity contribution is -0.121. The predicted octanol–water partition coefficient (Wildman–Crippen LogP) is 4.32. The molecule has 0 bridgehead atoms. The summed E-state index contributed by atoms with van der Waals surface area (Å²) in [5, 5.41) is 2.81. The van der Waals surface area contributed by atoms with Crippen LogP contribution in [0.1, 0.15) is 24.0 Å². The van der Waals surface area contributed by atoms with E-state index in [-0.39, 0.29) is 18.9 Å². The van der Waals surface area contributed by atoms with Gasteiger partial charge in [0.15, 0.2) is 0 Å². The molecule has 0 aliphatic heterocycles. The maximum atomic E-state index is 12.4. The number of anilines is 1. The van der Waals surface area contributed by atoms with Gasteiger partial charge in [-0.1, -0.05) is 42.5 Å². The number of nitrogens with zero attached hydrogens (tertiary/aromatic N) is 1. The third-order valence-corrected chi connectivity index (χ3v) is 6.41. The standard InChI is InChI=1S/C27H32N2O5S/c1-22-8-6-11-26(20-22)33-19-17-28-27(30)12-7-18-29(35(2,31)32)24-13-15-25(16-14-24)34-21-23-9-4-3-5-10-23/h3-6,8-11,13-16,20H,7,12,17-19,21H2,1-2H3,(H,28,30). The zero-order chi connectivity index (χ0) is 25.1. The molecule has 0 aliphatic carbocycles. The van der Waals surface area contributed by atoms with E-state index in [2.05, 4.69) is 5.32 Å². The number of benzene rings is 3. The second-order valence-corrected chi connectivity index (χ2v) is 10.1. The lowest BCUT2D eigenvalue weighted by atomic mass is 10.2. The van der Waals surface area contributed by atoms with Crippen molar-refractivity contribution in [1.82, 2.24) is 5.32 Å². The summed E-state index contributed by atoms with van der Waals surface area (Å²) in [6.45, 7) is 3.37. The molecule has 0 atom stereocenters. The molecule has 0 heterocycles. The number of carbonyl (C=O) groups excluding carboxylic acids is 1. The van der Waals surface area contributed by atoms with E-state index in [0.29, 0.717) is 37.6 Å². The number of aryl methyl sites for hydroxylation is 1. The molecule has 1 amide bonds. The van der Waals surface area contributed by atoms with Crippen LogP contribution in [-0.4, -0.2) is 40.3 Å². The van der Waals surface area contributed by atoms with Gasteiger partial charge >= 0.3 is 0 Å². The van der Waals surface area contributed by atoms with Crippen molar-refractivity contribution in [3.05, 3.63) is 90.0 Å². The highest BCUT2D eigenvalue weighted by atomic mass is 32.2. The fourth-order valence-electron chi connectivity index (χ4n) is 3.47. The van der Waals surface area contributed by atoms with Crippen molar-refractivity contribution in [2.45, 2.75) is 26.4 Å². The van der Waals surface area contributed by atoms with E-state index in [4.69, 9.17) is 9.47 Å². The lowest BCUT2D eigenvalue weighted by Crippen LogP contribution is -2.32. The molecule has 0 aromatic heterocycles. The fraction of sp³-hybridized carbons (Fsp3) is 0.296. The molecule has 3 aromatic rings. The molecule has 0 saturated heterocycles. The van der Waals surface area contributed by atoms with Gasteiger partial charge in [0.2, 0.25) is 15.9 Å². The second kappa shape index (κ2) is 12.8. The number of amides is 1. The van der Waals surface area contributed by atoms with Gasteiger partial charge in [-0.2, -0.15) is 0 Å². The maximum absolute atomic E-state index is 12.4. The minimum Gasteiger partial charge on any atom is -0.492 e. The third-order valence-electron chi connectivity index (χ3n) is 5.22. The van der Waals surface area contributed by atoms with Crippen LogP contribution in [0, 0.1) is 6.92 Å². The Bertz CT molecular complexity index is 1180. The number of hydrogen-bond acceptors (Lipinski definition) is 5. The van der Waals surface area contributed by atoms with E-state index >= 15 is 0 Å². The molecular formula is C27H32N2O5S. The van der Waals surface area contributed by atoms with Crippen molar-refractivity contribution in [1.29, 1.82) is 0 Å². The molecule has 7 nitrogen and oxygen atoms in total. The quantitative estimate of drug-likeness (QED) is 0.356. The van der Waals surface area contributed by atoms with Gasteiger partial charge in [0.25, 0.3) is 0 Å². The van der Waals surface area contributed by atoms with Crippen LogP contribution in [0.4, 0.5) is 5.69 Å². The summed E-state index contributed by atoms with van der Waals surface area (Å²) in [5.41, 5.74) is 2.69. The van der Waals surface area contributed by atoms with Crippen molar-refractivity contribution < 1.29 is 22.7 Å². The van der Waals surface area contributed by atoms with Gasteiger partial charge in [-0.3, -0.25) is 9.10 Å². The summed E-state index contributed by atoms with van der Waals surface area (Å²) < 4.78 is 37.4. The molecule has 0 saturated carbocycles. The summed E-state index contributed by atoms with van der Waals surface area (Å²) >= 11 is 0. The molecule has 0 aliphatic rings. The molecule has 0 fully saturated rings. The molecule has 3 aromatic carbocycles. The molecule has 0 spiro atoms. The van der Waals surface area contributed by atoms with E-state index < -0.39 is 10.0 Å². The van der Waals surface area contributed by atoms with Crippen molar-refractivity contribution in [3.63, 3.8) is 0 Å². The molecular weight excluding hydrogens is 464 g/mol. The van der Waals surface area contributed by atoms with E-state index in [9.17, 15) is 13.2 Å². The number of sulfonamides is 1. The van der Waals surface area contributed by atoms with Crippen LogP contribution in [0.2, 0.25) is 0 Å². The largest absolute Gasteiger partial charge is 0.492 e. The van der Waals surface area contributed by atoms with Crippen molar-refractivity contribution in [2.75, 3.05) is 30.3 Å². The number of carbonyl (C=O) groups is 1. The highest BCUT2D eigenvalue weighted by Gasteiger charge is 2.17. The second-order valence-electron chi connectivity index (χ2n) is 8.22. The van der Waals surface area contributed by atoms with Gasteiger partial charge in [-0.05, 0) is 60.9 Å². The summed E-state index contributed by atoms with van der Waals surface area (Å²) in [4.78, 5) is 12.2. The van der Waals surface area contributed by atoms with Crippen LogP contribution in [0.5, 0.6) is 11.5 Å². The Balaban J connectivity index is 1.43. The predicted molar refractivity (Wildman–Crippen MR) is 138 cm³/mol. The zero-order valence-electron chi connectivity index (χ0n) is 20.1. The Labute approximate surface area is 207 Å². The van der Waals surface area contributed by atoms with Crippen molar-refractivity contribution in [3.8, 4) is 11.5 Å². The average Bonchev–Trinajstić information content (AvgIpc) is 2.84. The smallest absolute Gasteiger partial charge is 0.232 e. The summed E-state index contributed by atoms with van der Waals surface area (Å²) in [7, 11) is -3.50. The van der Waals surface area contributed by atoms with Gasteiger partial charge in [0.1, 0.15) is 24.7 Å². The Kier molecular flexibility index (Phi) is 9.55. The van der Waals surface area contributed by atoms with Crippen LogP contribution < -0.4 is 19.1 Å². The molecule has 35 heavy (non-hydrogen) atoms. The third kappa shape index (κ3) is 8.98. The Morgan fingerprint density at radius 1 is 0.914 bits per heavy atom. The van der Waals surface area contributed by atoms with Crippen LogP contribution >= 0.6 is 0 Å². The van der Waals surface area contributed by atoms with E-state index in [1.165, 1.54) is 4.31 Å². The van der Waals surface area contributed by atoms with Crippen LogP contribution in [0.25, 0.3) is 0 Å². The number of rotatable bonds is 13. The summed E-state index contributed by atoms with van der Waals surface area (Å²) in [6.07, 6.45) is 1.77. The lowest BCUT2D eigenvalue weighted by Gasteiger charge is -2.22. The van der Waals surface area contributed by atoms with Gasteiger partial charge in [0, 0.05) is 13.0 Å². The Morgan fingerprint density at radius 3 is 2.34 bits per heavy atom. The zero-order valence-corrected chi connectivity index (χ0v) is 21.0. The van der Waals surface area contributed by atoms with Crippen molar-refractivity contribution in [2.24, 2.45) is 0 Å². The van der Waals surface area contributed by atoms with E-state index in [0.717, 1.165) is 23.1 Å². The first-order valence-corrected chi connectivity index (χ1v) is 13.4. The Morgan fingerprint density at radius 2 is 1.66 bits per heavy atom. The van der Waals surface area contributed by atoms with Gasteiger partial charge in [-0.15, -0.1) is 0 Å². The number of nitrogens with one attached hydrogen (secondary N) is 1. The van der Waals surface area contributed by atoms with Crippen LogP contribution in [-0.2, 0) is 21.4 Å². The van der Waals surface area contributed by atoms with E-state index in [1.54, 1.807) is 24.3 Å². The highest BCUT2D eigenvalue weighted by Crippen LogP contribution is 2.23.